The maximum absolute atomic E-state index is 11.6. The first kappa shape index (κ1) is 8.74. The molecule has 1 nitrogen and oxygen atoms in total. The van der Waals surface area contributed by atoms with Crippen molar-refractivity contribution in [1.29, 1.82) is 0 Å². The largest absolute Gasteiger partial charge is 0.295 e. The number of allylic oxidation sites excluding steroid dienone is 3. The van der Waals surface area contributed by atoms with E-state index >= 15 is 0 Å². The average molecular weight is 176 g/mol. The number of fused-ring (bicyclic) bond motifs is 1. The fourth-order valence-corrected chi connectivity index (χ4v) is 2.79. The zero-order chi connectivity index (χ0) is 9.64. The molecule has 1 fully saturated rings. The van der Waals surface area contributed by atoms with Gasteiger partial charge in [0.15, 0.2) is 5.78 Å². The standard InChI is InChI=1S/C12H16O/c1-4-5-8-6-11(13)10-7-9(8)12(10,2)3/h4,6,9-10H,1,5,7H2,2-3H3/t9-,10+/m0/s1. The summed E-state index contributed by atoms with van der Waals surface area (Å²) in [5.74, 6) is 1.27. The molecular weight excluding hydrogens is 160 g/mol. The Morgan fingerprint density at radius 1 is 1.62 bits per heavy atom. The van der Waals surface area contributed by atoms with Gasteiger partial charge in [0.2, 0.25) is 0 Å². The van der Waals surface area contributed by atoms with Crippen molar-refractivity contribution in [2.75, 3.05) is 0 Å². The van der Waals surface area contributed by atoms with E-state index in [-0.39, 0.29) is 5.41 Å². The van der Waals surface area contributed by atoms with Crippen LogP contribution in [0, 0.1) is 17.3 Å². The van der Waals surface area contributed by atoms with Gasteiger partial charge in [-0.15, -0.1) is 6.58 Å². The summed E-state index contributed by atoms with van der Waals surface area (Å²) in [5.41, 5.74) is 1.51. The summed E-state index contributed by atoms with van der Waals surface area (Å²) in [7, 11) is 0. The van der Waals surface area contributed by atoms with Gasteiger partial charge in [0.05, 0.1) is 0 Å². The van der Waals surface area contributed by atoms with Crippen LogP contribution in [0.15, 0.2) is 24.3 Å². The smallest absolute Gasteiger partial charge is 0.159 e. The van der Waals surface area contributed by atoms with Gasteiger partial charge in [0.1, 0.15) is 0 Å². The van der Waals surface area contributed by atoms with Crippen LogP contribution in [0.1, 0.15) is 26.7 Å². The van der Waals surface area contributed by atoms with Crippen molar-refractivity contribution in [3.63, 3.8) is 0 Å². The molecule has 2 bridgehead atoms. The number of rotatable bonds is 2. The van der Waals surface area contributed by atoms with Gasteiger partial charge in [-0.25, -0.2) is 0 Å². The fourth-order valence-electron chi connectivity index (χ4n) is 2.79. The van der Waals surface area contributed by atoms with Gasteiger partial charge in [0.25, 0.3) is 0 Å². The summed E-state index contributed by atoms with van der Waals surface area (Å²) in [6.45, 7) is 8.14. The summed E-state index contributed by atoms with van der Waals surface area (Å²) < 4.78 is 0. The van der Waals surface area contributed by atoms with Crippen LogP contribution in [0.5, 0.6) is 0 Å². The molecule has 3 aliphatic carbocycles. The van der Waals surface area contributed by atoms with Crippen molar-refractivity contribution in [3.8, 4) is 0 Å². The molecule has 0 aliphatic heterocycles. The Morgan fingerprint density at radius 3 is 2.77 bits per heavy atom. The first-order valence-electron chi connectivity index (χ1n) is 4.92. The molecule has 0 aromatic heterocycles. The molecule has 0 amide bonds. The molecule has 13 heavy (non-hydrogen) atoms. The molecule has 0 radical (unpaired) electrons. The summed E-state index contributed by atoms with van der Waals surface area (Å²) in [5, 5.41) is 0. The summed E-state index contributed by atoms with van der Waals surface area (Å²) in [4.78, 5) is 11.6. The first-order chi connectivity index (χ1) is 6.07. The van der Waals surface area contributed by atoms with E-state index < -0.39 is 0 Å². The maximum Gasteiger partial charge on any atom is 0.159 e. The second-order valence-corrected chi connectivity index (χ2v) is 4.78. The number of carbonyl (C=O) groups is 1. The van der Waals surface area contributed by atoms with Crippen molar-refractivity contribution in [1.82, 2.24) is 0 Å². The number of hydrogen-bond donors (Lipinski definition) is 0. The summed E-state index contributed by atoms with van der Waals surface area (Å²) >= 11 is 0. The van der Waals surface area contributed by atoms with Crippen LogP contribution in [0.25, 0.3) is 0 Å². The van der Waals surface area contributed by atoms with Crippen molar-refractivity contribution in [2.24, 2.45) is 17.3 Å². The molecule has 0 unspecified atom stereocenters. The molecule has 1 saturated carbocycles. The molecule has 0 spiro atoms. The van der Waals surface area contributed by atoms with E-state index in [1.807, 2.05) is 12.2 Å². The number of ketones is 1. The highest BCUT2D eigenvalue weighted by molar-refractivity contribution is 5.96. The predicted molar refractivity (Wildman–Crippen MR) is 53.3 cm³/mol. The minimum Gasteiger partial charge on any atom is -0.295 e. The number of hydrogen-bond acceptors (Lipinski definition) is 1. The normalized spacial score (nSPS) is 34.9. The van der Waals surface area contributed by atoms with E-state index in [1.54, 1.807) is 0 Å². The predicted octanol–water partition coefficient (Wildman–Crippen LogP) is 2.73. The second kappa shape index (κ2) is 2.57. The van der Waals surface area contributed by atoms with E-state index in [1.165, 1.54) is 5.57 Å². The van der Waals surface area contributed by atoms with Crippen molar-refractivity contribution in [2.45, 2.75) is 26.7 Å². The van der Waals surface area contributed by atoms with Crippen molar-refractivity contribution in [3.05, 3.63) is 24.3 Å². The van der Waals surface area contributed by atoms with Crippen LogP contribution in [0.4, 0.5) is 0 Å². The zero-order valence-corrected chi connectivity index (χ0v) is 8.34. The van der Waals surface area contributed by atoms with Crippen LogP contribution in [-0.4, -0.2) is 5.78 Å². The van der Waals surface area contributed by atoms with Crippen LogP contribution in [-0.2, 0) is 4.79 Å². The second-order valence-electron chi connectivity index (χ2n) is 4.78. The molecule has 0 heterocycles. The van der Waals surface area contributed by atoms with E-state index in [9.17, 15) is 4.79 Å². The minimum atomic E-state index is 0.212. The highest BCUT2D eigenvalue weighted by atomic mass is 16.1. The fraction of sp³-hybridized carbons (Fsp3) is 0.583. The molecule has 0 aromatic carbocycles. The number of carbonyl (C=O) groups excluding carboxylic acids is 1. The Labute approximate surface area is 79.5 Å². The van der Waals surface area contributed by atoms with Crippen LogP contribution < -0.4 is 0 Å². The molecule has 0 N–H and O–H groups in total. The molecule has 0 aromatic rings. The topological polar surface area (TPSA) is 17.1 Å². The zero-order valence-electron chi connectivity index (χ0n) is 8.34. The Kier molecular flexibility index (Phi) is 1.73. The van der Waals surface area contributed by atoms with E-state index in [0.717, 1.165) is 12.8 Å². The van der Waals surface area contributed by atoms with Crippen LogP contribution in [0.3, 0.4) is 0 Å². The third-order valence-corrected chi connectivity index (χ3v) is 3.77. The SMILES string of the molecule is C=CCC1=CC(=O)[C@H]2C[C@@H]1C2(C)C. The van der Waals surface area contributed by atoms with Gasteiger partial charge in [-0.3, -0.25) is 4.79 Å². The summed E-state index contributed by atoms with van der Waals surface area (Å²) in [6, 6.07) is 0. The molecule has 3 rings (SSSR count). The monoisotopic (exact) mass is 176 g/mol. The van der Waals surface area contributed by atoms with E-state index in [2.05, 4.69) is 20.4 Å². The Bertz CT molecular complexity index is 296. The van der Waals surface area contributed by atoms with Crippen LogP contribution >= 0.6 is 0 Å². The van der Waals surface area contributed by atoms with Crippen molar-refractivity contribution < 1.29 is 4.79 Å². The first-order valence-corrected chi connectivity index (χ1v) is 4.92. The molecular formula is C12H16O. The van der Waals surface area contributed by atoms with Gasteiger partial charge in [-0.05, 0) is 30.3 Å². The van der Waals surface area contributed by atoms with Crippen molar-refractivity contribution >= 4 is 5.78 Å². The quantitative estimate of drug-likeness (QED) is 0.591. The highest BCUT2D eigenvalue weighted by Crippen LogP contribution is 2.58. The Balaban J connectivity index is 2.31. The Morgan fingerprint density at radius 2 is 2.31 bits per heavy atom. The lowest BCUT2D eigenvalue weighted by Crippen LogP contribution is -2.52. The molecule has 0 saturated heterocycles. The molecule has 70 valence electrons. The van der Waals surface area contributed by atoms with Gasteiger partial charge in [-0.1, -0.05) is 25.5 Å². The maximum atomic E-state index is 11.6. The summed E-state index contributed by atoms with van der Waals surface area (Å²) in [6.07, 6.45) is 5.71. The third-order valence-electron chi connectivity index (χ3n) is 3.77. The van der Waals surface area contributed by atoms with Gasteiger partial charge >= 0.3 is 0 Å². The van der Waals surface area contributed by atoms with Crippen LogP contribution in [0.2, 0.25) is 0 Å². The molecule has 3 aliphatic rings. The highest BCUT2D eigenvalue weighted by Gasteiger charge is 2.54. The van der Waals surface area contributed by atoms with Gasteiger partial charge in [-0.2, -0.15) is 0 Å². The third kappa shape index (κ3) is 1.03. The lowest BCUT2D eigenvalue weighted by atomic mass is 9.48. The Hall–Kier alpha value is -0.850. The minimum absolute atomic E-state index is 0.212. The molecule has 2 atom stereocenters. The molecule has 1 heteroatoms. The average Bonchev–Trinajstić information content (AvgIpc) is 2.03. The van der Waals surface area contributed by atoms with Gasteiger partial charge < -0.3 is 0 Å². The van der Waals surface area contributed by atoms with E-state index in [4.69, 9.17) is 0 Å². The van der Waals surface area contributed by atoms with E-state index in [0.29, 0.717) is 17.6 Å². The lowest BCUT2D eigenvalue weighted by Gasteiger charge is -2.55. The lowest BCUT2D eigenvalue weighted by molar-refractivity contribution is -0.134. The van der Waals surface area contributed by atoms with Gasteiger partial charge in [0, 0.05) is 5.92 Å².